The van der Waals surface area contributed by atoms with Crippen molar-refractivity contribution in [3.63, 3.8) is 0 Å². The highest BCUT2D eigenvalue weighted by Crippen LogP contribution is 1.82. The van der Waals surface area contributed by atoms with Crippen LogP contribution in [0, 0.1) is 9.81 Å². The third-order valence-electron chi connectivity index (χ3n) is 1.40. The van der Waals surface area contributed by atoms with E-state index in [0.717, 1.165) is 0 Å². The molecule has 0 aliphatic rings. The van der Waals surface area contributed by atoms with E-state index in [2.05, 4.69) is 10.4 Å². The van der Waals surface area contributed by atoms with Gasteiger partial charge in [0.25, 0.3) is 0 Å². The summed E-state index contributed by atoms with van der Waals surface area (Å²) in [7, 11) is 0. The Balaban J connectivity index is 2.86. The Kier molecular flexibility index (Phi) is 12.3. The molecule has 7 heteroatoms. The van der Waals surface area contributed by atoms with Crippen LogP contribution in [0.2, 0.25) is 0 Å². The molecule has 0 N–H and O–H groups in total. The molecule has 0 heterocycles. The predicted octanol–water partition coefficient (Wildman–Crippen LogP) is 0.569. The van der Waals surface area contributed by atoms with E-state index in [-0.39, 0.29) is 13.1 Å². The van der Waals surface area contributed by atoms with Crippen LogP contribution in [0.5, 0.6) is 0 Å². The highest BCUT2D eigenvalue weighted by molar-refractivity contribution is 4.39. The van der Waals surface area contributed by atoms with Crippen LogP contribution < -0.4 is 0 Å². The fourth-order valence-corrected chi connectivity index (χ4v) is 0.746. The Hall–Kier alpha value is -0.920. The van der Waals surface area contributed by atoms with Crippen LogP contribution in [-0.4, -0.2) is 52.7 Å². The van der Waals surface area contributed by atoms with Gasteiger partial charge in [0, 0.05) is 0 Å². The van der Waals surface area contributed by atoms with Crippen LogP contribution in [-0.2, 0) is 14.2 Å². The summed E-state index contributed by atoms with van der Waals surface area (Å²) in [5.74, 6) is 0. The van der Waals surface area contributed by atoms with E-state index in [9.17, 15) is 9.81 Å². The summed E-state index contributed by atoms with van der Waals surface area (Å²) in [6, 6.07) is 0. The summed E-state index contributed by atoms with van der Waals surface area (Å²) in [5, 5.41) is 5.28. The summed E-state index contributed by atoms with van der Waals surface area (Å²) in [6.07, 6.45) is 0. The molecule has 0 saturated heterocycles. The molecule has 0 aromatic carbocycles. The second kappa shape index (κ2) is 13.1. The van der Waals surface area contributed by atoms with Gasteiger partial charge in [0.15, 0.2) is 0 Å². The van der Waals surface area contributed by atoms with Gasteiger partial charge in [0.05, 0.1) is 39.6 Å². The molecule has 0 spiro atoms. The average Bonchev–Trinajstić information content (AvgIpc) is 2.26. The van der Waals surface area contributed by atoms with Gasteiger partial charge in [-0.15, -0.1) is 0 Å². The van der Waals surface area contributed by atoms with Crippen molar-refractivity contribution in [1.82, 2.24) is 0 Å². The van der Waals surface area contributed by atoms with Crippen molar-refractivity contribution in [2.75, 3.05) is 52.7 Å². The molecular formula is C8H16N2O5. The van der Waals surface area contributed by atoms with Gasteiger partial charge in [-0.2, -0.15) is 9.81 Å². The fraction of sp³-hybridized carbons (Fsp3) is 1.00. The second-order valence-electron chi connectivity index (χ2n) is 2.54. The van der Waals surface area contributed by atoms with Crippen LogP contribution in [0.1, 0.15) is 0 Å². The Morgan fingerprint density at radius 2 is 0.933 bits per heavy atom. The minimum Gasteiger partial charge on any atom is -0.377 e. The van der Waals surface area contributed by atoms with Crippen molar-refractivity contribution in [3.05, 3.63) is 9.81 Å². The fourth-order valence-electron chi connectivity index (χ4n) is 0.746. The molecule has 15 heavy (non-hydrogen) atoms. The molecule has 0 unspecified atom stereocenters. The quantitative estimate of drug-likeness (QED) is 0.354. The topological polar surface area (TPSA) is 86.6 Å². The molecule has 7 nitrogen and oxygen atoms in total. The van der Waals surface area contributed by atoms with Gasteiger partial charge < -0.3 is 14.2 Å². The first kappa shape index (κ1) is 14.1. The molecule has 0 radical (unpaired) electrons. The Labute approximate surface area is 88.0 Å². The number of hydrogen-bond acceptors (Lipinski definition) is 7. The largest absolute Gasteiger partial charge is 0.377 e. The van der Waals surface area contributed by atoms with Gasteiger partial charge in [-0.25, -0.2) is 0 Å². The summed E-state index contributed by atoms with van der Waals surface area (Å²) in [4.78, 5) is 19.3. The third kappa shape index (κ3) is 13.1. The standard InChI is InChI=1S/C8H16N2O5/c11-9-1-3-13-5-7-15-8-6-14-4-2-10-12/h1-8H2. The SMILES string of the molecule is O=NCCOCCOCCOCCN=O. The number of rotatable bonds is 12. The van der Waals surface area contributed by atoms with Crippen LogP contribution in [0.3, 0.4) is 0 Å². The normalized spacial score (nSPS) is 10.1. The van der Waals surface area contributed by atoms with E-state index in [1.54, 1.807) is 0 Å². The molecular weight excluding hydrogens is 204 g/mol. The Morgan fingerprint density at radius 1 is 0.600 bits per heavy atom. The lowest BCUT2D eigenvalue weighted by molar-refractivity contribution is 0.0175. The summed E-state index contributed by atoms with van der Waals surface area (Å²) < 4.78 is 15.1. The highest BCUT2D eigenvalue weighted by atomic mass is 16.5. The van der Waals surface area contributed by atoms with E-state index in [4.69, 9.17) is 14.2 Å². The van der Waals surface area contributed by atoms with Crippen molar-refractivity contribution < 1.29 is 14.2 Å². The number of nitroso groups, excluding NO2 is 2. The predicted molar refractivity (Wildman–Crippen MR) is 53.8 cm³/mol. The maximum absolute atomic E-state index is 9.66. The van der Waals surface area contributed by atoms with Crippen molar-refractivity contribution in [2.45, 2.75) is 0 Å². The third-order valence-corrected chi connectivity index (χ3v) is 1.40. The summed E-state index contributed by atoms with van der Waals surface area (Å²) in [5.41, 5.74) is 0. The number of ether oxygens (including phenoxy) is 3. The lowest BCUT2D eigenvalue weighted by Crippen LogP contribution is -2.11. The van der Waals surface area contributed by atoms with Crippen LogP contribution in [0.15, 0.2) is 10.4 Å². The Morgan fingerprint density at radius 3 is 1.27 bits per heavy atom. The van der Waals surface area contributed by atoms with Gasteiger partial charge in [0.1, 0.15) is 13.1 Å². The lowest BCUT2D eigenvalue weighted by Gasteiger charge is -2.04. The van der Waals surface area contributed by atoms with Crippen LogP contribution >= 0.6 is 0 Å². The lowest BCUT2D eigenvalue weighted by atomic mass is 10.7. The molecule has 0 fully saturated rings. The van der Waals surface area contributed by atoms with Gasteiger partial charge >= 0.3 is 0 Å². The van der Waals surface area contributed by atoms with Gasteiger partial charge in [0.2, 0.25) is 0 Å². The minimum atomic E-state index is 0.168. The maximum Gasteiger partial charge on any atom is 0.104 e. The minimum absolute atomic E-state index is 0.168. The highest BCUT2D eigenvalue weighted by Gasteiger charge is 1.91. The molecule has 0 atom stereocenters. The zero-order chi connectivity index (χ0) is 11.2. The number of hydrogen-bond donors (Lipinski definition) is 0. The smallest absolute Gasteiger partial charge is 0.104 e. The van der Waals surface area contributed by atoms with Gasteiger partial charge in [-0.3, -0.25) is 0 Å². The molecule has 0 aliphatic heterocycles. The van der Waals surface area contributed by atoms with Crippen LogP contribution in [0.25, 0.3) is 0 Å². The molecule has 88 valence electrons. The monoisotopic (exact) mass is 220 g/mol. The van der Waals surface area contributed by atoms with E-state index in [0.29, 0.717) is 39.6 Å². The molecule has 0 saturated carbocycles. The molecule has 0 aromatic rings. The first-order valence-corrected chi connectivity index (χ1v) is 4.73. The van der Waals surface area contributed by atoms with E-state index in [1.807, 2.05) is 0 Å². The van der Waals surface area contributed by atoms with E-state index in [1.165, 1.54) is 0 Å². The maximum atomic E-state index is 9.66. The molecule has 0 rings (SSSR count). The van der Waals surface area contributed by atoms with Crippen molar-refractivity contribution in [1.29, 1.82) is 0 Å². The summed E-state index contributed by atoms with van der Waals surface area (Å²) in [6.45, 7) is 2.77. The van der Waals surface area contributed by atoms with Crippen LogP contribution in [0.4, 0.5) is 0 Å². The number of nitrogens with zero attached hydrogens (tertiary/aromatic N) is 2. The van der Waals surface area contributed by atoms with Crippen molar-refractivity contribution >= 4 is 0 Å². The average molecular weight is 220 g/mol. The van der Waals surface area contributed by atoms with Crippen molar-refractivity contribution in [3.8, 4) is 0 Å². The molecule has 0 aromatic heterocycles. The molecule has 0 aliphatic carbocycles. The molecule has 0 bridgehead atoms. The molecule has 0 amide bonds. The first-order valence-electron chi connectivity index (χ1n) is 4.73. The van der Waals surface area contributed by atoms with Crippen molar-refractivity contribution in [2.24, 2.45) is 10.4 Å². The Bertz CT molecular complexity index is 140. The summed E-state index contributed by atoms with van der Waals surface area (Å²) >= 11 is 0. The van der Waals surface area contributed by atoms with Gasteiger partial charge in [-0.1, -0.05) is 10.4 Å². The van der Waals surface area contributed by atoms with E-state index >= 15 is 0 Å². The zero-order valence-corrected chi connectivity index (χ0v) is 8.59. The zero-order valence-electron chi connectivity index (χ0n) is 8.59. The second-order valence-corrected chi connectivity index (χ2v) is 2.54. The first-order chi connectivity index (χ1) is 7.41. The van der Waals surface area contributed by atoms with Gasteiger partial charge in [-0.05, 0) is 0 Å². The van der Waals surface area contributed by atoms with E-state index < -0.39 is 0 Å².